The van der Waals surface area contributed by atoms with Gasteiger partial charge in [-0.05, 0) is 56.7 Å². The van der Waals surface area contributed by atoms with E-state index < -0.39 is 6.79 Å². The maximum absolute atomic E-state index is 7.12. The molecule has 5 nitrogen and oxygen atoms in total. The fraction of sp³-hybridized carbons (Fsp3) is 0.286. The molecule has 0 saturated heterocycles. The van der Waals surface area contributed by atoms with Crippen LogP contribution in [0.2, 0.25) is 4.47 Å². The maximum atomic E-state index is 7.12. The molecule has 0 spiro atoms. The van der Waals surface area contributed by atoms with Crippen LogP contribution in [0.3, 0.4) is 0 Å². The summed E-state index contributed by atoms with van der Waals surface area (Å²) in [6.45, 7) is 5.91. The summed E-state index contributed by atoms with van der Waals surface area (Å²) in [5.74, 6) is 0.868. The Balaban J connectivity index is 0.000000706. The van der Waals surface area contributed by atoms with Gasteiger partial charge >= 0.3 is 0 Å². The van der Waals surface area contributed by atoms with Gasteiger partial charge in [-0.2, -0.15) is 0 Å². The number of aliphatic hydroxyl groups excluding tert-OH is 1. The second-order valence-electron chi connectivity index (χ2n) is 7.25. The molecule has 2 heterocycles. The van der Waals surface area contributed by atoms with Crippen molar-refractivity contribution < 1.29 is 14.9 Å². The minimum atomic E-state index is -0.750. The van der Waals surface area contributed by atoms with E-state index in [0.29, 0.717) is 4.47 Å². The van der Waals surface area contributed by atoms with Crippen molar-refractivity contribution >= 4 is 44.1 Å². The fourth-order valence-corrected chi connectivity index (χ4v) is 4.37. The van der Waals surface area contributed by atoms with E-state index in [1.807, 2.05) is 12.1 Å². The molecular weight excluding hydrogens is 396 g/mol. The molecule has 0 aliphatic heterocycles. The van der Waals surface area contributed by atoms with E-state index in [4.69, 9.17) is 26.6 Å². The van der Waals surface area contributed by atoms with Crippen molar-refractivity contribution in [2.75, 3.05) is 13.9 Å². The molecule has 0 aliphatic carbocycles. The molecule has 0 saturated carbocycles. The third kappa shape index (κ3) is 4.00. The number of ether oxygens (including phenoxy) is 1. The number of hydrogen-bond acceptors (Lipinski definition) is 5. The molecule has 7 heteroatoms. The topological polar surface area (TPSA) is 67.5 Å². The molecule has 2 aromatic heterocycles. The van der Waals surface area contributed by atoms with Crippen LogP contribution in [0.15, 0.2) is 42.5 Å². The Hall–Kier alpha value is -2.12. The second-order valence-corrected chi connectivity index (χ2v) is 8.86. The van der Waals surface area contributed by atoms with E-state index in [-0.39, 0.29) is 5.54 Å². The molecule has 0 radical (unpaired) electrons. The summed E-state index contributed by atoms with van der Waals surface area (Å²) in [5, 5.41) is 15.5. The summed E-state index contributed by atoms with van der Waals surface area (Å²) < 4.78 is 9.48. The summed E-state index contributed by atoms with van der Waals surface area (Å²) >= 11 is 7.58. The number of halogens is 1. The van der Waals surface area contributed by atoms with E-state index >= 15 is 0 Å². The van der Waals surface area contributed by atoms with Crippen molar-refractivity contribution in [2.45, 2.75) is 26.3 Å². The monoisotopic (exact) mass is 418 g/mol. The number of aromatic nitrogens is 2. The van der Waals surface area contributed by atoms with Crippen molar-refractivity contribution in [3.63, 3.8) is 0 Å². The quantitative estimate of drug-likeness (QED) is 0.435. The zero-order valence-corrected chi connectivity index (χ0v) is 17.8. The van der Waals surface area contributed by atoms with Gasteiger partial charge in [0.25, 0.3) is 0 Å². The second kappa shape index (κ2) is 8.09. The van der Waals surface area contributed by atoms with Crippen LogP contribution >= 0.6 is 22.9 Å². The number of thiazole rings is 1. The van der Waals surface area contributed by atoms with Crippen LogP contribution in [-0.2, 0) is 5.54 Å². The van der Waals surface area contributed by atoms with Gasteiger partial charge in [0.05, 0.1) is 22.8 Å². The van der Waals surface area contributed by atoms with E-state index in [1.54, 1.807) is 7.11 Å². The zero-order chi connectivity index (χ0) is 20.5. The first kappa shape index (κ1) is 20.6. The third-order valence-corrected chi connectivity index (χ3v) is 5.46. The van der Waals surface area contributed by atoms with Gasteiger partial charge in [-0.15, -0.1) is 11.3 Å². The molecule has 0 aliphatic rings. The maximum Gasteiger partial charge on any atom is 0.184 e. The van der Waals surface area contributed by atoms with Crippen LogP contribution in [0, 0.1) is 0 Å². The van der Waals surface area contributed by atoms with Gasteiger partial charge in [0, 0.05) is 22.7 Å². The Labute approximate surface area is 172 Å². The van der Waals surface area contributed by atoms with Crippen LogP contribution in [0.5, 0.6) is 5.75 Å². The molecular formula is C21H23ClN2O3S. The van der Waals surface area contributed by atoms with Crippen LogP contribution in [-0.4, -0.2) is 33.7 Å². The van der Waals surface area contributed by atoms with Crippen molar-refractivity contribution in [2.24, 2.45) is 0 Å². The number of aliphatic hydroxyl groups is 2. The average Bonchev–Trinajstić information content (AvgIpc) is 3.19. The Morgan fingerprint density at radius 1 is 1.11 bits per heavy atom. The van der Waals surface area contributed by atoms with E-state index in [9.17, 15) is 0 Å². The highest BCUT2D eigenvalue weighted by Gasteiger charge is 2.21. The van der Waals surface area contributed by atoms with Crippen molar-refractivity contribution in [1.29, 1.82) is 0 Å². The molecule has 2 aromatic carbocycles. The molecule has 0 bridgehead atoms. The van der Waals surface area contributed by atoms with Gasteiger partial charge in [0.2, 0.25) is 0 Å². The van der Waals surface area contributed by atoms with Gasteiger partial charge in [-0.25, -0.2) is 4.98 Å². The normalized spacial score (nSPS) is 11.5. The first-order valence-electron chi connectivity index (χ1n) is 8.76. The smallest absolute Gasteiger partial charge is 0.184 e. The largest absolute Gasteiger partial charge is 0.497 e. The van der Waals surface area contributed by atoms with Crippen molar-refractivity contribution in [3.8, 4) is 17.0 Å². The molecule has 0 unspecified atom stereocenters. The lowest BCUT2D eigenvalue weighted by Gasteiger charge is -2.26. The Bertz CT molecular complexity index is 1110. The molecule has 28 heavy (non-hydrogen) atoms. The summed E-state index contributed by atoms with van der Waals surface area (Å²) in [6, 6.07) is 14.8. The predicted octanol–water partition coefficient (Wildman–Crippen LogP) is 5.26. The summed E-state index contributed by atoms with van der Waals surface area (Å²) in [5.41, 5.74) is 4.40. The standard InChI is InChI=1S/C20H19ClN2OS.CH4O2/c1-20(2,3)23-16(9-12-5-7-14(24-4)11-17(12)23)13-6-8-15-18(10-13)25-19(21)22-15;2-1-3/h5-11H,1-4H3;2-3H,1H2. The molecule has 0 amide bonds. The minimum Gasteiger partial charge on any atom is -0.497 e. The number of benzene rings is 2. The number of nitrogens with zero attached hydrogens (tertiary/aromatic N) is 2. The van der Waals surface area contributed by atoms with Gasteiger partial charge in [-0.1, -0.05) is 17.7 Å². The van der Waals surface area contributed by atoms with Gasteiger partial charge in [0.1, 0.15) is 12.5 Å². The lowest BCUT2D eigenvalue weighted by molar-refractivity contribution is 0.0773. The molecule has 2 N–H and O–H groups in total. The summed E-state index contributed by atoms with van der Waals surface area (Å²) in [7, 11) is 1.70. The van der Waals surface area contributed by atoms with Gasteiger partial charge in [-0.3, -0.25) is 0 Å². The molecule has 0 fully saturated rings. The number of rotatable bonds is 2. The Kier molecular flexibility index (Phi) is 5.95. The van der Waals surface area contributed by atoms with Crippen molar-refractivity contribution in [1.82, 2.24) is 9.55 Å². The highest BCUT2D eigenvalue weighted by Crippen LogP contribution is 2.37. The van der Waals surface area contributed by atoms with Crippen LogP contribution in [0.25, 0.3) is 32.4 Å². The Morgan fingerprint density at radius 3 is 2.46 bits per heavy atom. The van der Waals surface area contributed by atoms with Crippen molar-refractivity contribution in [3.05, 3.63) is 46.9 Å². The average molecular weight is 419 g/mol. The highest BCUT2D eigenvalue weighted by atomic mass is 35.5. The predicted molar refractivity (Wildman–Crippen MR) is 116 cm³/mol. The lowest BCUT2D eigenvalue weighted by Crippen LogP contribution is -2.22. The minimum absolute atomic E-state index is 0.0657. The van der Waals surface area contributed by atoms with E-state index in [2.05, 4.69) is 60.7 Å². The summed E-state index contributed by atoms with van der Waals surface area (Å²) in [6.07, 6.45) is 0. The lowest BCUT2D eigenvalue weighted by atomic mass is 10.1. The first-order valence-corrected chi connectivity index (χ1v) is 9.96. The van der Waals surface area contributed by atoms with E-state index in [0.717, 1.165) is 21.5 Å². The number of methoxy groups -OCH3 is 1. The zero-order valence-electron chi connectivity index (χ0n) is 16.2. The molecule has 148 valence electrons. The SMILES string of the molecule is COc1ccc2cc(-c3ccc4nc(Cl)sc4c3)n(C(C)(C)C)c2c1.OCO. The number of fused-ring (bicyclic) bond motifs is 2. The van der Waals surface area contributed by atoms with Crippen LogP contribution < -0.4 is 4.74 Å². The van der Waals surface area contributed by atoms with Crippen LogP contribution in [0.1, 0.15) is 20.8 Å². The Morgan fingerprint density at radius 2 is 1.82 bits per heavy atom. The highest BCUT2D eigenvalue weighted by molar-refractivity contribution is 7.22. The third-order valence-electron chi connectivity index (χ3n) is 4.34. The van der Waals surface area contributed by atoms with Crippen LogP contribution in [0.4, 0.5) is 0 Å². The van der Waals surface area contributed by atoms with Gasteiger partial charge < -0.3 is 19.5 Å². The van der Waals surface area contributed by atoms with E-state index in [1.165, 1.54) is 27.9 Å². The van der Waals surface area contributed by atoms with Gasteiger partial charge in [0.15, 0.2) is 4.47 Å². The number of hydrogen-bond donors (Lipinski definition) is 2. The first-order chi connectivity index (χ1) is 13.3. The molecule has 4 aromatic rings. The summed E-state index contributed by atoms with van der Waals surface area (Å²) in [4.78, 5) is 4.35. The molecule has 0 atom stereocenters. The fourth-order valence-electron chi connectivity index (χ4n) is 3.30. The molecule has 4 rings (SSSR count).